The first-order chi connectivity index (χ1) is 12.4. The van der Waals surface area contributed by atoms with Gasteiger partial charge in [-0.25, -0.2) is 0 Å². The lowest BCUT2D eigenvalue weighted by molar-refractivity contribution is 0.0627. The summed E-state index contributed by atoms with van der Waals surface area (Å²) in [5.74, 6) is 0.344. The molecule has 1 heterocycles. The third-order valence-corrected chi connectivity index (χ3v) is 5.06. The van der Waals surface area contributed by atoms with E-state index in [2.05, 4.69) is 26.1 Å². The Labute approximate surface area is 154 Å². The number of anilines is 1. The number of nitrogens with one attached hydrogen (secondary N) is 1. The highest BCUT2D eigenvalue weighted by Gasteiger charge is 2.37. The number of furan rings is 1. The Morgan fingerprint density at radius 3 is 2.50 bits per heavy atom. The minimum absolute atomic E-state index is 0.0298. The molecule has 2 amide bonds. The summed E-state index contributed by atoms with van der Waals surface area (Å²) >= 11 is 0. The average Bonchev–Trinajstić information content (AvgIpc) is 3.28. The molecule has 26 heavy (non-hydrogen) atoms. The van der Waals surface area contributed by atoms with Crippen LogP contribution in [0.15, 0.2) is 41.0 Å². The number of nitrogens with zero attached hydrogens (tertiary/aromatic N) is 1. The van der Waals surface area contributed by atoms with Crippen molar-refractivity contribution in [3.8, 4) is 0 Å². The summed E-state index contributed by atoms with van der Waals surface area (Å²) in [4.78, 5) is 27.4. The Kier molecular flexibility index (Phi) is 5.16. The molecule has 0 spiro atoms. The van der Waals surface area contributed by atoms with E-state index in [1.54, 1.807) is 18.2 Å². The highest BCUT2D eigenvalue weighted by Crippen LogP contribution is 2.32. The first kappa shape index (κ1) is 18.2. The van der Waals surface area contributed by atoms with Gasteiger partial charge in [0.15, 0.2) is 5.76 Å². The van der Waals surface area contributed by atoms with E-state index in [0.717, 1.165) is 18.4 Å². The molecule has 5 nitrogen and oxygen atoms in total. The van der Waals surface area contributed by atoms with E-state index in [1.165, 1.54) is 6.26 Å². The van der Waals surface area contributed by atoms with E-state index >= 15 is 0 Å². The molecule has 0 bridgehead atoms. The van der Waals surface area contributed by atoms with E-state index in [0.29, 0.717) is 23.2 Å². The zero-order valence-corrected chi connectivity index (χ0v) is 15.8. The lowest BCUT2D eigenvalue weighted by Crippen LogP contribution is -2.43. The quantitative estimate of drug-likeness (QED) is 0.831. The maximum absolute atomic E-state index is 13.1. The van der Waals surface area contributed by atoms with Gasteiger partial charge in [0.1, 0.15) is 0 Å². The lowest BCUT2D eigenvalue weighted by Gasteiger charge is -2.32. The second-order valence-corrected chi connectivity index (χ2v) is 7.39. The standard InChI is InChI=1S/C21H26N2O3/c1-13(2)15(4)23(17-9-10-17)21(25)16-8-7-14(3)18(12-16)22-20(24)19-6-5-11-26-19/h5-8,11-13,15,17H,9-10H2,1-4H3,(H,22,24). The third-order valence-electron chi connectivity index (χ3n) is 5.06. The number of carbonyl (C=O) groups is 2. The van der Waals surface area contributed by atoms with Crippen molar-refractivity contribution >= 4 is 17.5 Å². The van der Waals surface area contributed by atoms with Crippen molar-refractivity contribution in [3.63, 3.8) is 0 Å². The number of benzene rings is 1. The lowest BCUT2D eigenvalue weighted by atomic mass is 10.0. The van der Waals surface area contributed by atoms with Crippen LogP contribution in [0.1, 0.15) is 60.1 Å². The molecule has 5 heteroatoms. The first-order valence-electron chi connectivity index (χ1n) is 9.16. The van der Waals surface area contributed by atoms with Gasteiger partial charge in [-0.1, -0.05) is 19.9 Å². The SMILES string of the molecule is Cc1ccc(C(=O)N(C2CC2)C(C)C(C)C)cc1NC(=O)c1ccco1. The molecule has 1 N–H and O–H groups in total. The van der Waals surface area contributed by atoms with Crippen molar-refractivity contribution in [1.29, 1.82) is 0 Å². The van der Waals surface area contributed by atoms with Gasteiger partial charge in [0.25, 0.3) is 11.8 Å². The van der Waals surface area contributed by atoms with Crippen LogP contribution in [-0.4, -0.2) is 28.8 Å². The summed E-state index contributed by atoms with van der Waals surface area (Å²) < 4.78 is 5.13. The fraction of sp³-hybridized carbons (Fsp3) is 0.429. The predicted octanol–water partition coefficient (Wildman–Crippen LogP) is 4.49. The minimum Gasteiger partial charge on any atom is -0.459 e. The van der Waals surface area contributed by atoms with E-state index in [-0.39, 0.29) is 23.6 Å². The van der Waals surface area contributed by atoms with Crippen molar-refractivity contribution < 1.29 is 14.0 Å². The van der Waals surface area contributed by atoms with E-state index in [1.807, 2.05) is 24.0 Å². The van der Waals surface area contributed by atoms with Gasteiger partial charge in [-0.2, -0.15) is 0 Å². The zero-order valence-electron chi connectivity index (χ0n) is 15.8. The Bertz CT molecular complexity index is 792. The summed E-state index contributed by atoms with van der Waals surface area (Å²) in [7, 11) is 0. The predicted molar refractivity (Wildman–Crippen MR) is 101 cm³/mol. The van der Waals surface area contributed by atoms with Crippen LogP contribution in [-0.2, 0) is 0 Å². The van der Waals surface area contributed by atoms with Gasteiger partial charge >= 0.3 is 0 Å². The molecule has 1 aliphatic carbocycles. The largest absolute Gasteiger partial charge is 0.459 e. The number of aryl methyl sites for hydroxylation is 1. The fourth-order valence-electron chi connectivity index (χ4n) is 2.99. The zero-order chi connectivity index (χ0) is 18.8. The van der Waals surface area contributed by atoms with Crippen molar-refractivity contribution in [3.05, 3.63) is 53.5 Å². The fourth-order valence-corrected chi connectivity index (χ4v) is 2.99. The normalized spacial score (nSPS) is 15.0. The highest BCUT2D eigenvalue weighted by atomic mass is 16.3. The topological polar surface area (TPSA) is 62.6 Å². The van der Waals surface area contributed by atoms with Gasteiger partial charge < -0.3 is 14.6 Å². The van der Waals surface area contributed by atoms with Gasteiger partial charge in [0.05, 0.1) is 6.26 Å². The Hall–Kier alpha value is -2.56. The molecular weight excluding hydrogens is 328 g/mol. The molecule has 0 aliphatic heterocycles. The van der Waals surface area contributed by atoms with Crippen LogP contribution < -0.4 is 5.32 Å². The van der Waals surface area contributed by atoms with Gasteiger partial charge in [0.2, 0.25) is 0 Å². The van der Waals surface area contributed by atoms with E-state index in [9.17, 15) is 9.59 Å². The van der Waals surface area contributed by atoms with Gasteiger partial charge in [-0.05, 0) is 62.4 Å². The Morgan fingerprint density at radius 1 is 1.19 bits per heavy atom. The van der Waals surface area contributed by atoms with Gasteiger partial charge in [0, 0.05) is 23.3 Å². The van der Waals surface area contributed by atoms with Crippen LogP contribution in [0.2, 0.25) is 0 Å². The minimum atomic E-state index is -0.322. The van der Waals surface area contributed by atoms with Crippen molar-refractivity contribution in [2.75, 3.05) is 5.32 Å². The van der Waals surface area contributed by atoms with E-state index < -0.39 is 0 Å². The molecule has 1 aromatic heterocycles. The van der Waals surface area contributed by atoms with Crippen molar-refractivity contribution in [2.45, 2.75) is 52.6 Å². The Morgan fingerprint density at radius 2 is 1.92 bits per heavy atom. The molecule has 2 aromatic rings. The molecule has 138 valence electrons. The van der Waals surface area contributed by atoms with Crippen molar-refractivity contribution in [2.24, 2.45) is 5.92 Å². The van der Waals surface area contributed by atoms with E-state index in [4.69, 9.17) is 4.42 Å². The van der Waals surface area contributed by atoms with Crippen LogP contribution in [0.5, 0.6) is 0 Å². The maximum Gasteiger partial charge on any atom is 0.291 e. The van der Waals surface area contributed by atoms with Crippen molar-refractivity contribution in [1.82, 2.24) is 4.90 Å². The third kappa shape index (κ3) is 3.82. The molecule has 0 radical (unpaired) electrons. The summed E-state index contributed by atoms with van der Waals surface area (Å²) in [5.41, 5.74) is 2.13. The van der Waals surface area contributed by atoms with Crippen LogP contribution in [0.3, 0.4) is 0 Å². The second kappa shape index (κ2) is 7.36. The molecule has 3 rings (SSSR count). The second-order valence-electron chi connectivity index (χ2n) is 7.39. The molecular formula is C21H26N2O3. The molecule has 0 saturated heterocycles. The average molecular weight is 354 g/mol. The maximum atomic E-state index is 13.1. The summed E-state index contributed by atoms with van der Waals surface area (Å²) in [6.45, 7) is 8.28. The molecule has 1 aromatic carbocycles. The smallest absolute Gasteiger partial charge is 0.291 e. The highest BCUT2D eigenvalue weighted by molar-refractivity contribution is 6.04. The Balaban J connectivity index is 1.84. The van der Waals surface area contributed by atoms with Gasteiger partial charge in [-0.15, -0.1) is 0 Å². The number of amides is 2. The summed E-state index contributed by atoms with van der Waals surface area (Å²) in [6.07, 6.45) is 3.59. The van der Waals surface area contributed by atoms with Crippen LogP contribution >= 0.6 is 0 Å². The van der Waals surface area contributed by atoms with Crippen LogP contribution in [0, 0.1) is 12.8 Å². The summed E-state index contributed by atoms with van der Waals surface area (Å²) in [5, 5.41) is 2.84. The van der Waals surface area contributed by atoms with Crippen LogP contribution in [0.4, 0.5) is 5.69 Å². The molecule has 1 fully saturated rings. The molecule has 1 aliphatic rings. The molecule has 1 saturated carbocycles. The first-order valence-corrected chi connectivity index (χ1v) is 9.16. The number of hydrogen-bond donors (Lipinski definition) is 1. The molecule has 1 atom stereocenters. The monoisotopic (exact) mass is 354 g/mol. The van der Waals surface area contributed by atoms with Gasteiger partial charge in [-0.3, -0.25) is 9.59 Å². The number of rotatable bonds is 6. The molecule has 1 unspecified atom stereocenters. The number of carbonyl (C=O) groups excluding carboxylic acids is 2. The van der Waals surface area contributed by atoms with Crippen LogP contribution in [0.25, 0.3) is 0 Å². The number of hydrogen-bond acceptors (Lipinski definition) is 3. The summed E-state index contributed by atoms with van der Waals surface area (Å²) in [6, 6.07) is 9.26.